The number of fused-ring (bicyclic) bond motifs is 1. The van der Waals surface area contributed by atoms with Crippen molar-refractivity contribution < 1.29 is 14.1 Å². The molecule has 2 fully saturated rings. The van der Waals surface area contributed by atoms with Crippen molar-refractivity contribution in [1.82, 2.24) is 9.80 Å². The molecule has 0 aromatic heterocycles. The number of likely N-dealkylation sites (N-methyl/N-ethyl adjacent to an activating group) is 2. The standard InChI is InChI=1S/C18H15BN2O3S/c1-20-16(25)21(2)18-15(22)13-10-6-7-11-14(13)17(18,20)23-19(24-18)12-8-4-3-5-9-12/h3-11H,1-2H3/t17-,18+/m1/s1. The number of rotatable bonds is 1. The Morgan fingerprint density at radius 2 is 1.52 bits per heavy atom. The fraction of sp³-hybridized carbons (Fsp3) is 0.222. The highest BCUT2D eigenvalue weighted by atomic mass is 32.1. The van der Waals surface area contributed by atoms with Gasteiger partial charge in [0.2, 0.25) is 17.2 Å². The maximum Gasteiger partial charge on any atom is 0.498 e. The first-order valence-corrected chi connectivity index (χ1v) is 8.51. The molecule has 0 bridgehead atoms. The minimum absolute atomic E-state index is 0.115. The third kappa shape index (κ3) is 1.48. The zero-order valence-corrected chi connectivity index (χ0v) is 14.6. The highest BCUT2D eigenvalue weighted by Crippen LogP contribution is 2.59. The predicted octanol–water partition coefficient (Wildman–Crippen LogP) is 1.34. The van der Waals surface area contributed by atoms with Gasteiger partial charge in [-0.25, -0.2) is 0 Å². The molecule has 5 rings (SSSR count). The summed E-state index contributed by atoms with van der Waals surface area (Å²) in [6, 6.07) is 17.2. The lowest BCUT2D eigenvalue weighted by atomic mass is 9.79. The first kappa shape index (κ1) is 15.1. The predicted molar refractivity (Wildman–Crippen MR) is 97.3 cm³/mol. The van der Waals surface area contributed by atoms with Crippen LogP contribution in [0.1, 0.15) is 15.9 Å². The highest BCUT2D eigenvalue weighted by molar-refractivity contribution is 7.80. The van der Waals surface area contributed by atoms with Crippen molar-refractivity contribution in [2.45, 2.75) is 11.4 Å². The Labute approximate surface area is 151 Å². The van der Waals surface area contributed by atoms with Crippen LogP contribution in [0.3, 0.4) is 0 Å². The van der Waals surface area contributed by atoms with Gasteiger partial charge >= 0.3 is 7.12 Å². The Morgan fingerprint density at radius 1 is 0.920 bits per heavy atom. The number of hydrogen-bond donors (Lipinski definition) is 0. The number of benzene rings is 2. The van der Waals surface area contributed by atoms with Crippen LogP contribution >= 0.6 is 12.2 Å². The molecule has 0 N–H and O–H groups in total. The highest BCUT2D eigenvalue weighted by Gasteiger charge is 2.80. The maximum absolute atomic E-state index is 13.4. The molecule has 0 radical (unpaired) electrons. The molecule has 5 nitrogen and oxygen atoms in total. The second kappa shape index (κ2) is 4.69. The normalized spacial score (nSPS) is 29.9. The lowest BCUT2D eigenvalue weighted by Gasteiger charge is -2.35. The monoisotopic (exact) mass is 350 g/mol. The summed E-state index contributed by atoms with van der Waals surface area (Å²) in [5.74, 6) is -0.115. The second-order valence-corrected chi connectivity index (χ2v) is 6.91. The number of Topliss-reactive ketones (excluding diaryl/α,β-unsaturated/α-hetero) is 1. The van der Waals surface area contributed by atoms with Crippen molar-refractivity contribution in [1.29, 1.82) is 0 Å². The topological polar surface area (TPSA) is 42.0 Å². The lowest BCUT2D eigenvalue weighted by molar-refractivity contribution is -0.104. The van der Waals surface area contributed by atoms with E-state index in [0.29, 0.717) is 10.7 Å². The van der Waals surface area contributed by atoms with Gasteiger partial charge < -0.3 is 19.1 Å². The maximum atomic E-state index is 13.4. The van der Waals surface area contributed by atoms with Gasteiger partial charge in [-0.15, -0.1) is 0 Å². The molecule has 0 amide bonds. The molecule has 2 saturated heterocycles. The summed E-state index contributed by atoms with van der Waals surface area (Å²) in [4.78, 5) is 17.0. The zero-order valence-electron chi connectivity index (χ0n) is 13.8. The molecule has 0 spiro atoms. The van der Waals surface area contributed by atoms with Crippen LogP contribution in [0.25, 0.3) is 0 Å². The van der Waals surface area contributed by atoms with Crippen LogP contribution in [0, 0.1) is 0 Å². The van der Waals surface area contributed by atoms with Crippen LogP contribution in [0.15, 0.2) is 54.6 Å². The average Bonchev–Trinajstić information content (AvgIpc) is 3.17. The summed E-state index contributed by atoms with van der Waals surface area (Å²) < 4.78 is 12.8. The van der Waals surface area contributed by atoms with E-state index in [9.17, 15) is 4.79 Å². The van der Waals surface area contributed by atoms with E-state index in [2.05, 4.69) is 0 Å². The number of hydrogen-bond acceptors (Lipinski definition) is 4. The van der Waals surface area contributed by atoms with E-state index in [1.165, 1.54) is 0 Å². The second-order valence-electron chi connectivity index (χ2n) is 6.54. The van der Waals surface area contributed by atoms with Gasteiger partial charge in [0.15, 0.2) is 5.11 Å². The van der Waals surface area contributed by atoms with Crippen molar-refractivity contribution >= 4 is 35.7 Å². The van der Waals surface area contributed by atoms with Gasteiger partial charge in [0.05, 0.1) is 0 Å². The van der Waals surface area contributed by atoms with Gasteiger partial charge in [-0.3, -0.25) is 4.79 Å². The van der Waals surface area contributed by atoms with Gasteiger partial charge in [-0.1, -0.05) is 54.6 Å². The van der Waals surface area contributed by atoms with Gasteiger partial charge in [-0.2, -0.15) is 0 Å². The van der Waals surface area contributed by atoms with E-state index in [1.807, 2.05) is 66.5 Å². The fourth-order valence-electron chi connectivity index (χ4n) is 4.29. The van der Waals surface area contributed by atoms with E-state index in [4.69, 9.17) is 21.5 Å². The summed E-state index contributed by atoms with van der Waals surface area (Å²) in [5.41, 5.74) is -0.0887. The van der Waals surface area contributed by atoms with Crippen molar-refractivity contribution in [3.63, 3.8) is 0 Å². The Bertz CT molecular complexity index is 924. The van der Waals surface area contributed by atoms with Crippen LogP contribution in [-0.2, 0) is 15.0 Å². The molecule has 124 valence electrons. The molecule has 25 heavy (non-hydrogen) atoms. The number of carbonyl (C=O) groups excluding carboxylic acids is 1. The van der Waals surface area contributed by atoms with Gasteiger partial charge in [-0.05, 0) is 17.7 Å². The van der Waals surface area contributed by atoms with E-state index in [1.54, 1.807) is 11.9 Å². The van der Waals surface area contributed by atoms with E-state index in [-0.39, 0.29) is 5.78 Å². The van der Waals surface area contributed by atoms with Crippen molar-refractivity contribution in [3.8, 4) is 0 Å². The minimum Gasteiger partial charge on any atom is -0.376 e. The molecule has 2 atom stereocenters. The van der Waals surface area contributed by atoms with Gasteiger partial charge in [0.1, 0.15) is 0 Å². The van der Waals surface area contributed by atoms with Crippen LogP contribution in [0.4, 0.5) is 0 Å². The summed E-state index contributed by atoms with van der Waals surface area (Å²) in [6.07, 6.45) is 0. The molecule has 7 heteroatoms. The molecule has 2 aromatic carbocycles. The van der Waals surface area contributed by atoms with Crippen LogP contribution in [-0.4, -0.2) is 47.6 Å². The van der Waals surface area contributed by atoms with E-state index >= 15 is 0 Å². The quantitative estimate of drug-likeness (QED) is 0.571. The van der Waals surface area contributed by atoms with Crippen LogP contribution < -0.4 is 5.46 Å². The molecule has 3 aliphatic rings. The SMILES string of the molecule is CN1C(=S)N(C)[C@]23OB(c4ccccc4)O[C@]12C(=O)c1ccccc13. The molecule has 1 aliphatic carbocycles. The summed E-state index contributed by atoms with van der Waals surface area (Å²) in [5, 5.41) is 0.523. The Morgan fingerprint density at radius 3 is 2.28 bits per heavy atom. The average molecular weight is 350 g/mol. The third-order valence-electron chi connectivity index (χ3n) is 5.45. The fourth-order valence-corrected chi connectivity index (χ4v) is 4.55. The number of carbonyl (C=O) groups is 1. The summed E-state index contributed by atoms with van der Waals surface area (Å²) in [6.45, 7) is 0. The smallest absolute Gasteiger partial charge is 0.376 e. The van der Waals surface area contributed by atoms with Crippen molar-refractivity contribution in [3.05, 3.63) is 65.7 Å². The molecule has 0 unspecified atom stereocenters. The van der Waals surface area contributed by atoms with E-state index in [0.717, 1.165) is 11.0 Å². The zero-order chi connectivity index (χ0) is 17.4. The third-order valence-corrected chi connectivity index (χ3v) is 6.00. The van der Waals surface area contributed by atoms with Crippen LogP contribution in [0.5, 0.6) is 0 Å². The van der Waals surface area contributed by atoms with E-state index < -0.39 is 18.6 Å². The van der Waals surface area contributed by atoms with Gasteiger partial charge in [0, 0.05) is 25.2 Å². The van der Waals surface area contributed by atoms with Gasteiger partial charge in [0.25, 0.3) is 0 Å². The summed E-state index contributed by atoms with van der Waals surface area (Å²) >= 11 is 5.54. The molecular weight excluding hydrogens is 335 g/mol. The molecule has 0 saturated carbocycles. The van der Waals surface area contributed by atoms with Crippen LogP contribution in [0.2, 0.25) is 0 Å². The molecular formula is C18H15BN2O3S. The van der Waals surface area contributed by atoms with Crippen molar-refractivity contribution in [2.24, 2.45) is 0 Å². The largest absolute Gasteiger partial charge is 0.498 e. The molecule has 2 heterocycles. The number of thiocarbonyl (C=S) groups is 1. The van der Waals surface area contributed by atoms with Crippen molar-refractivity contribution in [2.75, 3.05) is 14.1 Å². The molecule has 2 aliphatic heterocycles. The lowest BCUT2D eigenvalue weighted by Crippen LogP contribution is -2.57. The number of ketones is 1. The Hall–Kier alpha value is -2.22. The Kier molecular flexibility index (Phi) is 2.83. The first-order chi connectivity index (χ1) is 12.0. The number of nitrogens with zero attached hydrogens (tertiary/aromatic N) is 2. The Balaban J connectivity index is 1.77. The minimum atomic E-state index is -1.30. The summed E-state index contributed by atoms with van der Waals surface area (Å²) in [7, 11) is 3.00. The first-order valence-electron chi connectivity index (χ1n) is 8.10. The molecule has 2 aromatic rings.